The van der Waals surface area contributed by atoms with Crippen molar-refractivity contribution in [2.24, 2.45) is 0 Å². The monoisotopic (exact) mass is 346 g/mol. The first-order valence-corrected chi connectivity index (χ1v) is 7.67. The van der Waals surface area contributed by atoms with E-state index in [1.807, 2.05) is 36.4 Å². The van der Waals surface area contributed by atoms with Crippen molar-refractivity contribution >= 4 is 43.1 Å². The predicted molar refractivity (Wildman–Crippen MR) is 86.0 cm³/mol. The van der Waals surface area contributed by atoms with Crippen LogP contribution in [0.3, 0.4) is 0 Å². The highest BCUT2D eigenvalue weighted by Crippen LogP contribution is 2.31. The molecule has 0 N–H and O–H groups in total. The van der Waals surface area contributed by atoms with Crippen LogP contribution in [-0.2, 0) is 0 Å². The van der Waals surface area contributed by atoms with Crippen LogP contribution in [-0.4, -0.2) is 12.9 Å². The number of para-hydroxylation sites is 1. The largest absolute Gasteiger partial charge is 0.496 e. The van der Waals surface area contributed by atoms with E-state index >= 15 is 0 Å². The fraction of sp³-hybridized carbons (Fsp3) is 0.0625. The number of hydrogen-bond donors (Lipinski definition) is 0. The van der Waals surface area contributed by atoms with Gasteiger partial charge in [-0.15, -0.1) is 11.3 Å². The van der Waals surface area contributed by atoms with Gasteiger partial charge in [-0.05, 0) is 35.7 Å². The summed E-state index contributed by atoms with van der Waals surface area (Å²) in [4.78, 5) is 13.3. The second-order valence-electron chi connectivity index (χ2n) is 4.32. The number of rotatable bonds is 3. The number of benzene rings is 2. The Labute approximate surface area is 129 Å². The van der Waals surface area contributed by atoms with Gasteiger partial charge in [0.1, 0.15) is 5.75 Å². The van der Waals surface area contributed by atoms with Gasteiger partial charge in [-0.3, -0.25) is 4.79 Å². The lowest BCUT2D eigenvalue weighted by Gasteiger charge is -2.05. The standard InChI is InChI=1S/C16H11BrO2S/c1-19-13-5-3-2-4-12(13)16(18)15-8-10-6-7-11(17)9-14(10)20-15/h2-9H,1H3. The Balaban J connectivity index is 2.08. The molecule has 0 atom stereocenters. The fourth-order valence-corrected chi connectivity index (χ4v) is 3.65. The molecule has 0 aliphatic rings. The second kappa shape index (κ2) is 5.38. The highest BCUT2D eigenvalue weighted by molar-refractivity contribution is 9.10. The predicted octanol–water partition coefficient (Wildman–Crippen LogP) is 4.90. The number of methoxy groups -OCH3 is 1. The summed E-state index contributed by atoms with van der Waals surface area (Å²) in [6.07, 6.45) is 0. The first-order valence-electron chi connectivity index (χ1n) is 6.06. The first-order chi connectivity index (χ1) is 9.69. The Bertz CT molecular complexity index is 792. The minimum Gasteiger partial charge on any atom is -0.496 e. The average molecular weight is 347 g/mol. The normalized spacial score (nSPS) is 10.7. The molecule has 0 saturated heterocycles. The highest BCUT2D eigenvalue weighted by atomic mass is 79.9. The third kappa shape index (κ3) is 2.37. The number of halogens is 1. The number of thiophene rings is 1. The van der Waals surface area contributed by atoms with Gasteiger partial charge in [0.2, 0.25) is 5.78 Å². The van der Waals surface area contributed by atoms with Crippen molar-refractivity contribution in [3.05, 3.63) is 63.4 Å². The van der Waals surface area contributed by atoms with Crippen molar-refractivity contribution in [3.8, 4) is 5.75 Å². The fourth-order valence-electron chi connectivity index (χ4n) is 2.08. The molecule has 0 unspecified atom stereocenters. The first kappa shape index (κ1) is 13.3. The number of ketones is 1. The number of carbonyl (C=O) groups excluding carboxylic acids is 1. The van der Waals surface area contributed by atoms with E-state index in [0.29, 0.717) is 11.3 Å². The van der Waals surface area contributed by atoms with Crippen LogP contribution in [0, 0.1) is 0 Å². The number of carbonyl (C=O) groups is 1. The van der Waals surface area contributed by atoms with E-state index in [1.165, 1.54) is 11.3 Å². The molecule has 0 radical (unpaired) electrons. The van der Waals surface area contributed by atoms with Gasteiger partial charge in [0.25, 0.3) is 0 Å². The molecule has 0 amide bonds. The van der Waals surface area contributed by atoms with E-state index in [2.05, 4.69) is 15.9 Å². The zero-order valence-electron chi connectivity index (χ0n) is 10.7. The van der Waals surface area contributed by atoms with E-state index in [0.717, 1.165) is 19.4 Å². The summed E-state index contributed by atoms with van der Waals surface area (Å²) in [5, 5.41) is 1.08. The maximum Gasteiger partial charge on any atom is 0.206 e. The van der Waals surface area contributed by atoms with E-state index in [9.17, 15) is 4.79 Å². The number of hydrogen-bond acceptors (Lipinski definition) is 3. The number of ether oxygens (including phenoxy) is 1. The lowest BCUT2D eigenvalue weighted by molar-refractivity contribution is 0.103. The summed E-state index contributed by atoms with van der Waals surface area (Å²) in [6.45, 7) is 0. The van der Waals surface area contributed by atoms with Gasteiger partial charge >= 0.3 is 0 Å². The van der Waals surface area contributed by atoms with Gasteiger partial charge in [0.05, 0.1) is 17.6 Å². The lowest BCUT2D eigenvalue weighted by atomic mass is 10.1. The molecular weight excluding hydrogens is 336 g/mol. The van der Waals surface area contributed by atoms with Crippen LogP contribution >= 0.6 is 27.3 Å². The summed E-state index contributed by atoms with van der Waals surface area (Å²) in [6, 6.07) is 15.2. The smallest absolute Gasteiger partial charge is 0.206 e. The molecule has 3 rings (SSSR count). The summed E-state index contributed by atoms with van der Waals surface area (Å²) in [5.41, 5.74) is 0.598. The van der Waals surface area contributed by atoms with E-state index in [4.69, 9.17) is 4.74 Å². The van der Waals surface area contributed by atoms with Gasteiger partial charge in [-0.25, -0.2) is 0 Å². The van der Waals surface area contributed by atoms with Crippen molar-refractivity contribution in [2.75, 3.05) is 7.11 Å². The second-order valence-corrected chi connectivity index (χ2v) is 6.32. The third-order valence-corrected chi connectivity index (χ3v) is 4.65. The summed E-state index contributed by atoms with van der Waals surface area (Å²) in [5.74, 6) is 0.607. The Kier molecular flexibility index (Phi) is 3.59. The minimum absolute atomic E-state index is 0.000211. The van der Waals surface area contributed by atoms with Gasteiger partial charge < -0.3 is 4.74 Å². The highest BCUT2D eigenvalue weighted by Gasteiger charge is 2.16. The summed E-state index contributed by atoms with van der Waals surface area (Å²) >= 11 is 4.95. The SMILES string of the molecule is COc1ccccc1C(=O)c1cc2ccc(Br)cc2s1. The van der Waals surface area contributed by atoms with Crippen LogP contribution in [0.5, 0.6) is 5.75 Å². The molecule has 1 aromatic heterocycles. The molecule has 100 valence electrons. The van der Waals surface area contributed by atoms with Gasteiger partial charge in [0, 0.05) is 9.17 Å². The van der Waals surface area contributed by atoms with Crippen LogP contribution in [0.2, 0.25) is 0 Å². The molecule has 2 aromatic carbocycles. The van der Waals surface area contributed by atoms with Gasteiger partial charge in [-0.1, -0.05) is 34.1 Å². The van der Waals surface area contributed by atoms with Gasteiger partial charge in [-0.2, -0.15) is 0 Å². The molecule has 2 nitrogen and oxygen atoms in total. The van der Waals surface area contributed by atoms with Gasteiger partial charge in [0.15, 0.2) is 0 Å². The average Bonchev–Trinajstić information content (AvgIpc) is 2.89. The zero-order chi connectivity index (χ0) is 14.1. The Morgan fingerprint density at radius 2 is 1.95 bits per heavy atom. The van der Waals surface area contributed by atoms with Crippen molar-refractivity contribution < 1.29 is 9.53 Å². The molecule has 0 bridgehead atoms. The molecule has 4 heteroatoms. The van der Waals surface area contributed by atoms with Crippen LogP contribution in [0.4, 0.5) is 0 Å². The maximum absolute atomic E-state index is 12.6. The lowest BCUT2D eigenvalue weighted by Crippen LogP contribution is -2.01. The van der Waals surface area contributed by atoms with E-state index in [1.54, 1.807) is 19.2 Å². The molecule has 0 spiro atoms. The zero-order valence-corrected chi connectivity index (χ0v) is 13.1. The Morgan fingerprint density at radius 3 is 2.75 bits per heavy atom. The third-order valence-electron chi connectivity index (χ3n) is 3.06. The molecule has 1 heterocycles. The van der Waals surface area contributed by atoms with Crippen LogP contribution in [0.1, 0.15) is 15.2 Å². The molecule has 20 heavy (non-hydrogen) atoms. The van der Waals surface area contributed by atoms with Crippen molar-refractivity contribution in [2.45, 2.75) is 0 Å². The van der Waals surface area contributed by atoms with Crippen molar-refractivity contribution in [1.29, 1.82) is 0 Å². The molecule has 0 fully saturated rings. The Morgan fingerprint density at radius 1 is 1.15 bits per heavy atom. The molecule has 0 aliphatic carbocycles. The quantitative estimate of drug-likeness (QED) is 0.630. The van der Waals surface area contributed by atoms with Crippen LogP contribution in [0.25, 0.3) is 10.1 Å². The number of fused-ring (bicyclic) bond motifs is 1. The molecule has 0 saturated carbocycles. The van der Waals surface area contributed by atoms with E-state index < -0.39 is 0 Å². The van der Waals surface area contributed by atoms with Crippen molar-refractivity contribution in [1.82, 2.24) is 0 Å². The molecule has 3 aromatic rings. The summed E-state index contributed by atoms with van der Waals surface area (Å²) < 4.78 is 7.37. The molecule has 0 aliphatic heterocycles. The minimum atomic E-state index is -0.000211. The Hall–Kier alpha value is -1.65. The van der Waals surface area contributed by atoms with Crippen LogP contribution in [0.15, 0.2) is 53.0 Å². The molecular formula is C16H11BrO2S. The van der Waals surface area contributed by atoms with Crippen molar-refractivity contribution in [3.63, 3.8) is 0 Å². The summed E-state index contributed by atoms with van der Waals surface area (Å²) in [7, 11) is 1.58. The van der Waals surface area contributed by atoms with E-state index in [-0.39, 0.29) is 5.78 Å². The van der Waals surface area contributed by atoms with Crippen LogP contribution < -0.4 is 4.74 Å². The maximum atomic E-state index is 12.6. The topological polar surface area (TPSA) is 26.3 Å².